The van der Waals surface area contributed by atoms with Gasteiger partial charge in [-0.3, -0.25) is 4.79 Å². The third-order valence-corrected chi connectivity index (χ3v) is 2.64. The first kappa shape index (κ1) is 14.0. The topological polar surface area (TPSA) is 41.1 Å². The number of carbonyl (C=O) groups is 1. The Morgan fingerprint density at radius 2 is 2.00 bits per heavy atom. The Kier molecular flexibility index (Phi) is 4.54. The number of amides is 1. The highest BCUT2D eigenvalue weighted by Crippen LogP contribution is 2.19. The maximum Gasteiger partial charge on any atom is 0.238 e. The maximum absolute atomic E-state index is 11.6. The van der Waals surface area contributed by atoms with Gasteiger partial charge in [0.15, 0.2) is 0 Å². The number of nitrogens with one attached hydrogen (secondary N) is 2. The third kappa shape index (κ3) is 5.20. The standard InChI is InChI=1S/C13H19ClN2O/c1-9-5-6-10(7-11(9)14)16-12(17)8-15-13(2,3)4/h5-7,15H,8H2,1-4H3,(H,16,17). The SMILES string of the molecule is Cc1ccc(NC(=O)CNC(C)(C)C)cc1Cl. The molecule has 0 aromatic heterocycles. The van der Waals surface area contributed by atoms with Crippen molar-refractivity contribution >= 4 is 23.2 Å². The van der Waals surface area contributed by atoms with Gasteiger partial charge in [0.2, 0.25) is 5.91 Å². The van der Waals surface area contributed by atoms with Crippen LogP contribution in [0.1, 0.15) is 26.3 Å². The summed E-state index contributed by atoms with van der Waals surface area (Å²) in [7, 11) is 0. The minimum atomic E-state index is -0.0696. The van der Waals surface area contributed by atoms with Crippen LogP contribution >= 0.6 is 11.6 Å². The Labute approximate surface area is 108 Å². The van der Waals surface area contributed by atoms with Gasteiger partial charge >= 0.3 is 0 Å². The molecule has 1 aromatic rings. The van der Waals surface area contributed by atoms with Gasteiger partial charge in [0, 0.05) is 16.2 Å². The second-order valence-corrected chi connectivity index (χ2v) is 5.52. The molecule has 0 heterocycles. The molecule has 0 aliphatic heterocycles. The fraction of sp³-hybridized carbons (Fsp3) is 0.462. The fourth-order valence-electron chi connectivity index (χ4n) is 1.22. The van der Waals surface area contributed by atoms with Gasteiger partial charge in [-0.2, -0.15) is 0 Å². The molecular weight excluding hydrogens is 236 g/mol. The van der Waals surface area contributed by atoms with Crippen LogP contribution in [0.5, 0.6) is 0 Å². The lowest BCUT2D eigenvalue weighted by molar-refractivity contribution is -0.115. The number of benzene rings is 1. The van der Waals surface area contributed by atoms with Gasteiger partial charge in [0.25, 0.3) is 0 Å². The summed E-state index contributed by atoms with van der Waals surface area (Å²) in [6.45, 7) is 8.26. The molecule has 1 amide bonds. The molecular formula is C13H19ClN2O. The highest BCUT2D eigenvalue weighted by atomic mass is 35.5. The van der Waals surface area contributed by atoms with Crippen LogP contribution in [-0.4, -0.2) is 18.0 Å². The molecule has 0 atom stereocenters. The minimum Gasteiger partial charge on any atom is -0.325 e. The van der Waals surface area contributed by atoms with Crippen molar-refractivity contribution in [1.82, 2.24) is 5.32 Å². The summed E-state index contributed by atoms with van der Waals surface area (Å²) in [5.74, 6) is -0.0696. The van der Waals surface area contributed by atoms with Crippen molar-refractivity contribution in [3.05, 3.63) is 28.8 Å². The van der Waals surface area contributed by atoms with E-state index in [-0.39, 0.29) is 18.0 Å². The molecule has 0 saturated carbocycles. The molecule has 2 N–H and O–H groups in total. The molecule has 0 radical (unpaired) electrons. The van der Waals surface area contributed by atoms with E-state index in [1.165, 1.54) is 0 Å². The number of aryl methyl sites for hydroxylation is 1. The quantitative estimate of drug-likeness (QED) is 0.871. The largest absolute Gasteiger partial charge is 0.325 e. The normalized spacial score (nSPS) is 11.4. The van der Waals surface area contributed by atoms with Crippen molar-refractivity contribution in [3.8, 4) is 0 Å². The first-order valence-corrected chi connectivity index (χ1v) is 5.97. The van der Waals surface area contributed by atoms with E-state index in [4.69, 9.17) is 11.6 Å². The van der Waals surface area contributed by atoms with Crippen LogP contribution in [0.2, 0.25) is 5.02 Å². The minimum absolute atomic E-state index is 0.0672. The van der Waals surface area contributed by atoms with Crippen LogP contribution in [0.4, 0.5) is 5.69 Å². The summed E-state index contributed by atoms with van der Waals surface area (Å²) < 4.78 is 0. The lowest BCUT2D eigenvalue weighted by Gasteiger charge is -2.20. The average Bonchev–Trinajstić information content (AvgIpc) is 2.20. The van der Waals surface area contributed by atoms with Crippen molar-refractivity contribution in [1.29, 1.82) is 0 Å². The molecule has 0 aliphatic carbocycles. The molecule has 4 heteroatoms. The van der Waals surface area contributed by atoms with Crippen LogP contribution in [0.15, 0.2) is 18.2 Å². The second kappa shape index (κ2) is 5.52. The zero-order valence-electron chi connectivity index (χ0n) is 10.7. The van der Waals surface area contributed by atoms with E-state index >= 15 is 0 Å². The molecule has 17 heavy (non-hydrogen) atoms. The Bertz CT molecular complexity index is 410. The first-order chi connectivity index (χ1) is 7.78. The summed E-state index contributed by atoms with van der Waals surface area (Å²) in [4.78, 5) is 11.6. The van der Waals surface area contributed by atoms with Crippen LogP contribution in [-0.2, 0) is 4.79 Å². The molecule has 1 rings (SSSR count). The van der Waals surface area contributed by atoms with E-state index in [2.05, 4.69) is 10.6 Å². The Hall–Kier alpha value is -1.06. The molecule has 0 bridgehead atoms. The smallest absolute Gasteiger partial charge is 0.238 e. The summed E-state index contributed by atoms with van der Waals surface area (Å²) in [6, 6.07) is 5.48. The molecule has 0 fully saturated rings. The Morgan fingerprint density at radius 3 is 2.53 bits per heavy atom. The van der Waals surface area contributed by atoms with Crippen molar-refractivity contribution in [2.75, 3.05) is 11.9 Å². The Balaban J connectivity index is 2.54. The summed E-state index contributed by atoms with van der Waals surface area (Å²) in [5.41, 5.74) is 1.65. The van der Waals surface area contributed by atoms with Crippen molar-refractivity contribution in [3.63, 3.8) is 0 Å². The van der Waals surface area contributed by atoms with E-state index in [1.54, 1.807) is 6.07 Å². The molecule has 0 aliphatic rings. The van der Waals surface area contributed by atoms with Gasteiger partial charge in [-0.15, -0.1) is 0 Å². The van der Waals surface area contributed by atoms with Gasteiger partial charge in [0.1, 0.15) is 0 Å². The lowest BCUT2D eigenvalue weighted by atomic mass is 10.1. The highest BCUT2D eigenvalue weighted by Gasteiger charge is 2.11. The number of carbonyl (C=O) groups excluding carboxylic acids is 1. The number of hydrogen-bond acceptors (Lipinski definition) is 2. The van der Waals surface area contributed by atoms with Gasteiger partial charge < -0.3 is 10.6 Å². The van der Waals surface area contributed by atoms with Crippen molar-refractivity contribution in [2.24, 2.45) is 0 Å². The third-order valence-electron chi connectivity index (χ3n) is 2.23. The van der Waals surface area contributed by atoms with Crippen LogP contribution < -0.4 is 10.6 Å². The molecule has 0 spiro atoms. The summed E-state index contributed by atoms with van der Waals surface area (Å²) in [6.07, 6.45) is 0. The lowest BCUT2D eigenvalue weighted by Crippen LogP contribution is -2.41. The van der Waals surface area contributed by atoms with E-state index < -0.39 is 0 Å². The predicted octanol–water partition coefficient (Wildman–Crippen LogP) is 2.98. The van der Waals surface area contributed by atoms with E-state index in [0.717, 1.165) is 11.3 Å². The van der Waals surface area contributed by atoms with Gasteiger partial charge in [-0.1, -0.05) is 17.7 Å². The number of hydrogen-bond donors (Lipinski definition) is 2. The van der Waals surface area contributed by atoms with Crippen LogP contribution in [0.25, 0.3) is 0 Å². The predicted molar refractivity (Wildman–Crippen MR) is 72.6 cm³/mol. The number of halogens is 1. The first-order valence-electron chi connectivity index (χ1n) is 5.59. The number of anilines is 1. The fourth-order valence-corrected chi connectivity index (χ4v) is 1.40. The van der Waals surface area contributed by atoms with E-state index in [0.29, 0.717) is 5.02 Å². The maximum atomic E-state index is 11.6. The highest BCUT2D eigenvalue weighted by molar-refractivity contribution is 6.31. The second-order valence-electron chi connectivity index (χ2n) is 5.12. The molecule has 3 nitrogen and oxygen atoms in total. The van der Waals surface area contributed by atoms with Crippen molar-refractivity contribution < 1.29 is 4.79 Å². The molecule has 0 unspecified atom stereocenters. The van der Waals surface area contributed by atoms with Crippen LogP contribution in [0.3, 0.4) is 0 Å². The molecule has 94 valence electrons. The van der Waals surface area contributed by atoms with E-state index in [1.807, 2.05) is 39.8 Å². The summed E-state index contributed by atoms with van der Waals surface area (Å²) in [5, 5.41) is 6.58. The van der Waals surface area contributed by atoms with E-state index in [9.17, 15) is 4.79 Å². The zero-order chi connectivity index (χ0) is 13.1. The number of rotatable bonds is 3. The Morgan fingerprint density at radius 1 is 1.35 bits per heavy atom. The summed E-state index contributed by atoms with van der Waals surface area (Å²) >= 11 is 5.98. The van der Waals surface area contributed by atoms with Crippen molar-refractivity contribution in [2.45, 2.75) is 33.2 Å². The van der Waals surface area contributed by atoms with Gasteiger partial charge in [0.05, 0.1) is 6.54 Å². The molecule has 0 saturated heterocycles. The van der Waals surface area contributed by atoms with Crippen LogP contribution in [0, 0.1) is 6.92 Å². The average molecular weight is 255 g/mol. The van der Waals surface area contributed by atoms with Gasteiger partial charge in [-0.05, 0) is 45.4 Å². The monoisotopic (exact) mass is 254 g/mol. The molecule has 1 aromatic carbocycles. The zero-order valence-corrected chi connectivity index (χ0v) is 11.5. The van der Waals surface area contributed by atoms with Gasteiger partial charge in [-0.25, -0.2) is 0 Å².